The van der Waals surface area contributed by atoms with Crippen molar-refractivity contribution in [3.8, 4) is 22.4 Å². The zero-order valence-electron chi connectivity index (χ0n) is 32.1. The highest BCUT2D eigenvalue weighted by Crippen LogP contribution is 2.37. The number of ether oxygens (including phenoxy) is 1. The van der Waals surface area contributed by atoms with Gasteiger partial charge < -0.3 is 30.6 Å². The molecule has 3 heterocycles. The van der Waals surface area contributed by atoms with Crippen molar-refractivity contribution in [3.63, 3.8) is 0 Å². The Bertz CT molecular complexity index is 1960. The highest BCUT2D eigenvalue weighted by atomic mass is 16.5. The molecule has 2 aliphatic rings. The molecule has 12 heteroatoms. The number of hydrogen-bond donors (Lipinski definition) is 4. The summed E-state index contributed by atoms with van der Waals surface area (Å²) in [5.74, 6) is 0.666. The van der Waals surface area contributed by atoms with E-state index < -0.39 is 12.1 Å². The summed E-state index contributed by atoms with van der Waals surface area (Å²) in [7, 11) is 3.15. The molecule has 1 saturated heterocycles. The number of rotatable bonds is 13. The summed E-state index contributed by atoms with van der Waals surface area (Å²) < 4.78 is 4.74. The van der Waals surface area contributed by atoms with Gasteiger partial charge in [0.15, 0.2) is 0 Å². The van der Waals surface area contributed by atoms with Crippen molar-refractivity contribution < 1.29 is 19.1 Å². The number of pyridine rings is 1. The first-order valence-electron chi connectivity index (χ1n) is 19.2. The van der Waals surface area contributed by atoms with Crippen molar-refractivity contribution in [1.29, 1.82) is 0 Å². The Kier molecular flexibility index (Phi) is 13.1. The maximum atomic E-state index is 13.4. The van der Waals surface area contributed by atoms with Crippen LogP contribution >= 0.6 is 0 Å². The van der Waals surface area contributed by atoms with Crippen molar-refractivity contribution >= 4 is 29.8 Å². The second kappa shape index (κ2) is 18.5. The highest BCUT2D eigenvalue weighted by molar-refractivity contribution is 5.89. The molecule has 0 bridgehead atoms. The smallest absolute Gasteiger partial charge is 0.407 e. The quantitative estimate of drug-likeness (QED) is 0.111. The summed E-state index contributed by atoms with van der Waals surface area (Å²) in [5, 5.41) is 9.04. The summed E-state index contributed by atoms with van der Waals surface area (Å²) in [4.78, 5) is 57.3. The van der Waals surface area contributed by atoms with Crippen molar-refractivity contribution in [2.24, 2.45) is 16.8 Å². The number of methoxy groups -OCH3 is 1. The average molecular weight is 745 g/mol. The van der Waals surface area contributed by atoms with Gasteiger partial charge in [-0.3, -0.25) is 19.6 Å². The molecule has 2 fully saturated rings. The van der Waals surface area contributed by atoms with Gasteiger partial charge in [-0.05, 0) is 65.5 Å². The number of carbonyl (C=O) groups is 3. The van der Waals surface area contributed by atoms with Gasteiger partial charge in [0.2, 0.25) is 11.8 Å². The van der Waals surface area contributed by atoms with Crippen LogP contribution in [0, 0.1) is 11.8 Å². The van der Waals surface area contributed by atoms with Gasteiger partial charge >= 0.3 is 6.09 Å². The fourth-order valence-corrected chi connectivity index (χ4v) is 7.55. The molecule has 6 rings (SSSR count). The number of imidazole rings is 1. The topological polar surface area (TPSA) is 154 Å². The van der Waals surface area contributed by atoms with Crippen LogP contribution in [0.5, 0.6) is 0 Å². The van der Waals surface area contributed by atoms with E-state index in [9.17, 15) is 14.4 Å². The molecule has 4 atom stereocenters. The normalized spacial score (nSPS) is 19.3. The minimum Gasteiger partial charge on any atom is -0.453 e. The molecule has 288 valence electrons. The van der Waals surface area contributed by atoms with Crippen LogP contribution in [-0.4, -0.2) is 76.8 Å². The van der Waals surface area contributed by atoms with Gasteiger partial charge in [0.1, 0.15) is 11.9 Å². The number of nitrogens with one attached hydrogen (secondary N) is 4. The first-order valence-corrected chi connectivity index (χ1v) is 19.2. The average Bonchev–Trinajstić information content (AvgIpc) is 3.92. The van der Waals surface area contributed by atoms with E-state index in [4.69, 9.17) is 9.72 Å². The van der Waals surface area contributed by atoms with Crippen molar-refractivity contribution in [3.05, 3.63) is 102 Å². The molecule has 3 amide bonds. The zero-order chi connectivity index (χ0) is 38.7. The predicted octanol–water partition coefficient (Wildman–Crippen LogP) is 6.69. The fourth-order valence-electron chi connectivity index (χ4n) is 7.55. The number of hydrogen-bond acceptors (Lipinski definition) is 8. The Labute approximate surface area is 323 Å². The van der Waals surface area contributed by atoms with Gasteiger partial charge in [-0.2, -0.15) is 0 Å². The summed E-state index contributed by atoms with van der Waals surface area (Å²) >= 11 is 0. The minimum atomic E-state index is -0.664. The number of aromatic nitrogens is 3. The molecule has 1 saturated carbocycles. The van der Waals surface area contributed by atoms with Crippen LogP contribution in [0.1, 0.15) is 75.2 Å². The number of amides is 3. The van der Waals surface area contributed by atoms with E-state index in [0.717, 1.165) is 83.6 Å². The van der Waals surface area contributed by atoms with Crippen LogP contribution in [0.15, 0.2) is 90.4 Å². The number of aromatic amines is 1. The number of nitrogens with zero attached hydrogens (tertiary/aromatic N) is 4. The first kappa shape index (κ1) is 38.9. The van der Waals surface area contributed by atoms with Crippen LogP contribution in [0.3, 0.4) is 0 Å². The Hall–Kier alpha value is -5.78. The van der Waals surface area contributed by atoms with Gasteiger partial charge in [0.25, 0.3) is 0 Å². The number of aliphatic imine (C=N–C) groups is 1. The molecule has 1 aliphatic carbocycles. The van der Waals surface area contributed by atoms with Crippen LogP contribution < -0.4 is 16.0 Å². The van der Waals surface area contributed by atoms with Crippen molar-refractivity contribution in [2.45, 2.75) is 76.9 Å². The summed E-state index contributed by atoms with van der Waals surface area (Å²) in [5.41, 5.74) is 6.97. The molecule has 2 aromatic heterocycles. The molecular weight excluding hydrogens is 693 g/mol. The highest BCUT2D eigenvalue weighted by Gasteiger charge is 2.35. The molecule has 4 N–H and O–H groups in total. The Balaban J connectivity index is 1.07. The molecule has 0 spiro atoms. The maximum Gasteiger partial charge on any atom is 0.407 e. The third kappa shape index (κ3) is 9.67. The van der Waals surface area contributed by atoms with Gasteiger partial charge in [-0.25, -0.2) is 9.78 Å². The molecule has 4 aromatic rings. The molecule has 1 aliphatic heterocycles. The van der Waals surface area contributed by atoms with Crippen LogP contribution in [0.25, 0.3) is 28.1 Å². The largest absolute Gasteiger partial charge is 0.453 e. The third-order valence-electron chi connectivity index (χ3n) is 10.7. The maximum absolute atomic E-state index is 13.4. The van der Waals surface area contributed by atoms with E-state index >= 15 is 0 Å². The molecule has 3 unspecified atom stereocenters. The van der Waals surface area contributed by atoms with E-state index in [-0.39, 0.29) is 35.6 Å². The molecule has 55 heavy (non-hydrogen) atoms. The number of likely N-dealkylation sites (tertiary alicyclic amines) is 1. The molecule has 2 aromatic carbocycles. The van der Waals surface area contributed by atoms with Crippen molar-refractivity contribution in [1.82, 2.24) is 35.8 Å². The number of H-pyrrole nitrogens is 1. The van der Waals surface area contributed by atoms with E-state index in [1.165, 1.54) is 7.11 Å². The second-order valence-electron chi connectivity index (χ2n) is 14.6. The first-order chi connectivity index (χ1) is 26.7. The third-order valence-corrected chi connectivity index (χ3v) is 10.7. The van der Waals surface area contributed by atoms with Crippen LogP contribution in [0.4, 0.5) is 4.79 Å². The second-order valence-corrected chi connectivity index (χ2v) is 14.6. The lowest BCUT2D eigenvalue weighted by atomic mass is 9.78. The van der Waals surface area contributed by atoms with Crippen LogP contribution in [-0.2, 0) is 20.9 Å². The minimum absolute atomic E-state index is 0.0531. The summed E-state index contributed by atoms with van der Waals surface area (Å²) in [6, 6.07) is 19.8. The molecular formula is C43H52N8O4. The molecule has 0 radical (unpaired) electrons. The number of alkyl carbamates (subject to hydrolysis) is 1. The van der Waals surface area contributed by atoms with Gasteiger partial charge in [0, 0.05) is 50.6 Å². The SMILES string of the molecule is CN/C(=C\N=CC1CCCN1C(=O)C(NC(=O)OC)C(C)C)c1ccc(-c2ccc(-c3cnc([C@@H]4CCCCC4C(=O)NCc4cccnc4)[nH]3)cc2)cc1. The van der Waals surface area contributed by atoms with E-state index in [1.807, 2.05) is 45.4 Å². The standard InChI is InChI=1S/C43H52N8O4/c1-28(2)39(50-43(54)55-4)42(53)51-22-8-10-34(51)25-46-26-37(44-3)32-17-13-30(14-18-32)31-15-19-33(20-16-31)38-27-47-40(49-38)35-11-5-6-12-36(35)41(52)48-24-29-9-7-21-45-23-29/h7,9,13-21,23,25-28,34-36,39,44H,5-6,8,10-12,22,24H2,1-4H3,(H,47,49)(H,48,52)(H,50,54)/b37-26-,46-25?/t34?,35-,36?,39?/m1/s1. The predicted molar refractivity (Wildman–Crippen MR) is 215 cm³/mol. The van der Waals surface area contributed by atoms with Gasteiger partial charge in [-0.1, -0.05) is 81.3 Å². The summed E-state index contributed by atoms with van der Waals surface area (Å²) in [6.45, 7) is 4.89. The zero-order valence-corrected chi connectivity index (χ0v) is 32.1. The summed E-state index contributed by atoms with van der Waals surface area (Å²) in [6.07, 6.45) is 13.9. The van der Waals surface area contributed by atoms with Crippen molar-refractivity contribution in [2.75, 3.05) is 20.7 Å². The van der Waals surface area contributed by atoms with Crippen LogP contribution in [0.2, 0.25) is 0 Å². The van der Waals surface area contributed by atoms with Gasteiger partial charge in [0.05, 0.1) is 36.9 Å². The Morgan fingerprint density at radius 3 is 2.38 bits per heavy atom. The lowest BCUT2D eigenvalue weighted by molar-refractivity contribution is -0.134. The van der Waals surface area contributed by atoms with E-state index in [2.05, 4.69) is 79.4 Å². The number of benzene rings is 2. The molecule has 12 nitrogen and oxygen atoms in total. The Morgan fingerprint density at radius 2 is 1.69 bits per heavy atom. The van der Waals surface area contributed by atoms with E-state index in [1.54, 1.807) is 23.5 Å². The monoisotopic (exact) mass is 744 g/mol. The van der Waals surface area contributed by atoms with E-state index in [0.29, 0.717) is 13.1 Å². The Morgan fingerprint density at radius 1 is 0.964 bits per heavy atom. The van der Waals surface area contributed by atoms with Gasteiger partial charge in [-0.15, -0.1) is 0 Å². The fraction of sp³-hybridized carbons (Fsp3) is 0.395. The number of carbonyl (C=O) groups excluding carboxylic acids is 3. The lowest BCUT2D eigenvalue weighted by Crippen LogP contribution is -2.52. The lowest BCUT2D eigenvalue weighted by Gasteiger charge is -2.29.